The summed E-state index contributed by atoms with van der Waals surface area (Å²) in [5.74, 6) is 0. The van der Waals surface area contributed by atoms with Gasteiger partial charge in [0.2, 0.25) is 0 Å². The van der Waals surface area contributed by atoms with Gasteiger partial charge in [0.1, 0.15) is 0 Å². The number of hydrogen-bond donors (Lipinski definition) is 0. The molecule has 0 aliphatic carbocycles. The maximum atomic E-state index is 4.83. The molecule has 0 saturated heterocycles. The summed E-state index contributed by atoms with van der Waals surface area (Å²) in [6.45, 7) is 12.6. The second-order valence-electron chi connectivity index (χ2n) is 6.02. The van der Waals surface area contributed by atoms with Crippen LogP contribution in [0.2, 0.25) is 0 Å². The average molecular weight is 484 g/mol. The Bertz CT molecular complexity index is 651. The van der Waals surface area contributed by atoms with Crippen LogP contribution >= 0.6 is 31.9 Å². The molecule has 0 bridgehead atoms. The fraction of sp³-hybridized carbons (Fsp3) is 0.500. The third-order valence-corrected chi connectivity index (χ3v) is 5.67. The highest BCUT2D eigenvalue weighted by Gasteiger charge is 2.13. The largest absolute Gasteiger partial charge is 0.372 e. The molecule has 2 heterocycles. The first-order valence-corrected chi connectivity index (χ1v) is 11.5. The summed E-state index contributed by atoms with van der Waals surface area (Å²) in [6, 6.07) is 8.63. The van der Waals surface area contributed by atoms with Crippen molar-refractivity contribution in [1.29, 1.82) is 0 Å². The van der Waals surface area contributed by atoms with Gasteiger partial charge >= 0.3 is 0 Å². The van der Waals surface area contributed by atoms with E-state index in [0.717, 1.165) is 59.6 Å². The van der Waals surface area contributed by atoms with Crippen molar-refractivity contribution in [2.45, 2.75) is 38.4 Å². The third-order valence-electron chi connectivity index (χ3n) is 4.52. The van der Waals surface area contributed by atoms with Crippen molar-refractivity contribution >= 4 is 43.2 Å². The first-order chi connectivity index (χ1) is 12.6. The zero-order valence-corrected chi connectivity index (χ0v) is 19.3. The van der Waals surface area contributed by atoms with Crippen LogP contribution in [-0.4, -0.2) is 36.1 Å². The van der Waals surface area contributed by atoms with E-state index in [1.54, 1.807) is 0 Å². The van der Waals surface area contributed by atoms with E-state index >= 15 is 0 Å². The first kappa shape index (κ1) is 21.2. The van der Waals surface area contributed by atoms with Crippen molar-refractivity contribution in [3.63, 3.8) is 0 Å². The van der Waals surface area contributed by atoms with Crippen molar-refractivity contribution < 1.29 is 0 Å². The predicted molar refractivity (Wildman–Crippen MR) is 120 cm³/mol. The second-order valence-corrected chi connectivity index (χ2v) is 7.14. The molecule has 142 valence electrons. The van der Waals surface area contributed by atoms with Crippen LogP contribution in [0.3, 0.4) is 0 Å². The molecular formula is C20H28Br2N4. The van der Waals surface area contributed by atoms with Crippen LogP contribution in [0.5, 0.6) is 0 Å². The summed E-state index contributed by atoms with van der Waals surface area (Å²) >= 11 is 7.12. The highest BCUT2D eigenvalue weighted by molar-refractivity contribution is 9.08. The maximum absolute atomic E-state index is 4.83. The van der Waals surface area contributed by atoms with Gasteiger partial charge in [-0.05, 0) is 52.0 Å². The standard InChI is InChI=1S/C20H28Br2N4/c1-5-25(6-2)17-9-15(13-21)23-19(11-17)20-12-18(26(7-3)8-4)10-16(14-22)24-20/h9-12H,5-8,13-14H2,1-4H3. The van der Waals surface area contributed by atoms with E-state index in [-0.39, 0.29) is 0 Å². The van der Waals surface area contributed by atoms with Crippen molar-refractivity contribution in [2.75, 3.05) is 36.0 Å². The lowest BCUT2D eigenvalue weighted by molar-refractivity contribution is 0.861. The van der Waals surface area contributed by atoms with Gasteiger partial charge in [-0.1, -0.05) is 31.9 Å². The van der Waals surface area contributed by atoms with E-state index in [2.05, 4.69) is 93.6 Å². The Kier molecular flexibility index (Phi) is 8.35. The van der Waals surface area contributed by atoms with Gasteiger partial charge in [-0.2, -0.15) is 0 Å². The number of rotatable bonds is 9. The lowest BCUT2D eigenvalue weighted by atomic mass is 10.1. The number of pyridine rings is 2. The minimum atomic E-state index is 0.732. The quantitative estimate of drug-likeness (QED) is 0.433. The van der Waals surface area contributed by atoms with Crippen molar-refractivity contribution in [1.82, 2.24) is 9.97 Å². The number of alkyl halides is 2. The topological polar surface area (TPSA) is 32.3 Å². The molecular weight excluding hydrogens is 456 g/mol. The molecule has 4 nitrogen and oxygen atoms in total. The molecule has 2 rings (SSSR count). The van der Waals surface area contributed by atoms with Gasteiger partial charge in [-0.3, -0.25) is 9.97 Å². The van der Waals surface area contributed by atoms with Crippen molar-refractivity contribution in [3.8, 4) is 11.4 Å². The molecule has 0 fully saturated rings. The molecule has 6 heteroatoms. The van der Waals surface area contributed by atoms with Gasteiger partial charge in [0.05, 0.1) is 22.8 Å². The van der Waals surface area contributed by atoms with Crippen LogP contribution in [0.25, 0.3) is 11.4 Å². The highest BCUT2D eigenvalue weighted by Crippen LogP contribution is 2.28. The Labute approximate surface area is 174 Å². The molecule has 0 N–H and O–H groups in total. The van der Waals surface area contributed by atoms with E-state index in [4.69, 9.17) is 9.97 Å². The number of nitrogens with zero attached hydrogens (tertiary/aromatic N) is 4. The summed E-state index contributed by atoms with van der Waals surface area (Å²) in [4.78, 5) is 14.4. The molecule has 0 amide bonds. The van der Waals surface area contributed by atoms with E-state index in [9.17, 15) is 0 Å². The SMILES string of the molecule is CCN(CC)c1cc(CBr)nc(-c2cc(N(CC)CC)cc(CBr)n2)c1. The van der Waals surface area contributed by atoms with Crippen LogP contribution in [0.15, 0.2) is 24.3 Å². The summed E-state index contributed by atoms with van der Waals surface area (Å²) in [6.07, 6.45) is 0. The highest BCUT2D eigenvalue weighted by atomic mass is 79.9. The third kappa shape index (κ3) is 4.97. The van der Waals surface area contributed by atoms with Crippen molar-refractivity contribution in [3.05, 3.63) is 35.7 Å². The van der Waals surface area contributed by atoms with E-state index in [0.29, 0.717) is 0 Å². The summed E-state index contributed by atoms with van der Waals surface area (Å²) in [5, 5.41) is 1.46. The molecule has 0 atom stereocenters. The zero-order valence-electron chi connectivity index (χ0n) is 16.1. The Hall–Kier alpha value is -1.14. The number of halogens is 2. The van der Waals surface area contributed by atoms with Crippen LogP contribution < -0.4 is 9.80 Å². The number of hydrogen-bond acceptors (Lipinski definition) is 4. The average Bonchev–Trinajstić information content (AvgIpc) is 2.69. The van der Waals surface area contributed by atoms with Gasteiger partial charge in [0.15, 0.2) is 0 Å². The summed E-state index contributed by atoms with van der Waals surface area (Å²) < 4.78 is 0. The van der Waals surface area contributed by atoms with E-state index in [1.165, 1.54) is 11.4 Å². The fourth-order valence-electron chi connectivity index (χ4n) is 3.09. The molecule has 0 radical (unpaired) electrons. The Morgan fingerprint density at radius 3 is 1.27 bits per heavy atom. The van der Waals surface area contributed by atoms with Crippen LogP contribution in [0.4, 0.5) is 11.4 Å². The lowest BCUT2D eigenvalue weighted by Gasteiger charge is -2.23. The molecule has 2 aromatic heterocycles. The smallest absolute Gasteiger partial charge is 0.0911 e. The molecule has 26 heavy (non-hydrogen) atoms. The maximum Gasteiger partial charge on any atom is 0.0911 e. The van der Waals surface area contributed by atoms with Gasteiger partial charge in [0.25, 0.3) is 0 Å². The minimum absolute atomic E-state index is 0.732. The second kappa shape index (κ2) is 10.3. The molecule has 0 aromatic carbocycles. The first-order valence-electron chi connectivity index (χ1n) is 9.24. The number of aromatic nitrogens is 2. The van der Waals surface area contributed by atoms with E-state index < -0.39 is 0 Å². The summed E-state index contributed by atoms with van der Waals surface area (Å²) in [5.41, 5.74) is 6.31. The van der Waals surface area contributed by atoms with Gasteiger partial charge in [0, 0.05) is 48.2 Å². The molecule has 0 aliphatic rings. The van der Waals surface area contributed by atoms with Crippen LogP contribution in [0.1, 0.15) is 39.1 Å². The van der Waals surface area contributed by atoms with Crippen LogP contribution in [-0.2, 0) is 10.7 Å². The molecule has 0 unspecified atom stereocenters. The Balaban J connectivity index is 2.58. The van der Waals surface area contributed by atoms with Crippen LogP contribution in [0, 0.1) is 0 Å². The monoisotopic (exact) mass is 482 g/mol. The normalized spacial score (nSPS) is 10.8. The molecule has 0 aliphatic heterocycles. The van der Waals surface area contributed by atoms with Gasteiger partial charge in [-0.25, -0.2) is 0 Å². The molecule has 2 aromatic rings. The Morgan fingerprint density at radius 1 is 0.654 bits per heavy atom. The zero-order chi connectivity index (χ0) is 19.1. The van der Waals surface area contributed by atoms with Crippen molar-refractivity contribution in [2.24, 2.45) is 0 Å². The van der Waals surface area contributed by atoms with E-state index in [1.807, 2.05) is 0 Å². The minimum Gasteiger partial charge on any atom is -0.372 e. The van der Waals surface area contributed by atoms with Gasteiger partial charge < -0.3 is 9.80 Å². The number of anilines is 2. The van der Waals surface area contributed by atoms with Gasteiger partial charge in [-0.15, -0.1) is 0 Å². The molecule has 0 saturated carbocycles. The summed E-state index contributed by atoms with van der Waals surface area (Å²) in [7, 11) is 0. The predicted octanol–water partition coefficient (Wildman–Crippen LogP) is 5.63. The molecule has 0 spiro atoms. The fourth-order valence-corrected chi connectivity index (χ4v) is 3.66. The Morgan fingerprint density at radius 2 is 1.00 bits per heavy atom. The lowest BCUT2D eigenvalue weighted by Crippen LogP contribution is -2.22.